The summed E-state index contributed by atoms with van der Waals surface area (Å²) >= 11 is 0. The number of aromatic carboxylic acids is 1. The Morgan fingerprint density at radius 1 is 1.10 bits per heavy atom. The molecule has 1 amide bonds. The lowest BCUT2D eigenvalue weighted by Gasteiger charge is -2.09. The number of amides is 1. The lowest BCUT2D eigenvalue weighted by molar-refractivity contribution is -0.115. The van der Waals surface area contributed by atoms with Crippen LogP contribution in [0.1, 0.15) is 27.0 Å². The van der Waals surface area contributed by atoms with Crippen LogP contribution in [0.25, 0.3) is 0 Å². The van der Waals surface area contributed by atoms with Crippen LogP contribution in [0, 0.1) is 13.8 Å². The summed E-state index contributed by atoms with van der Waals surface area (Å²) in [5, 5.41) is 11.7. The molecular formula is C17H17NO3. The molecule has 108 valence electrons. The third kappa shape index (κ3) is 3.92. The van der Waals surface area contributed by atoms with Crippen molar-refractivity contribution in [1.82, 2.24) is 0 Å². The minimum atomic E-state index is -0.976. The average molecular weight is 283 g/mol. The zero-order valence-electron chi connectivity index (χ0n) is 12.0. The normalized spacial score (nSPS) is 10.2. The molecule has 2 aromatic rings. The molecule has 0 aliphatic heterocycles. The van der Waals surface area contributed by atoms with Crippen molar-refractivity contribution < 1.29 is 14.7 Å². The number of hydrogen-bond donors (Lipinski definition) is 2. The second-order valence-electron chi connectivity index (χ2n) is 5.05. The van der Waals surface area contributed by atoms with Gasteiger partial charge in [-0.1, -0.05) is 29.8 Å². The molecule has 0 radical (unpaired) electrons. The molecule has 0 spiro atoms. The first kappa shape index (κ1) is 14.8. The molecule has 2 aromatic carbocycles. The molecule has 0 aromatic heterocycles. The highest BCUT2D eigenvalue weighted by molar-refractivity contribution is 5.94. The van der Waals surface area contributed by atoms with E-state index >= 15 is 0 Å². The molecule has 0 bridgehead atoms. The maximum Gasteiger partial charge on any atom is 0.335 e. The van der Waals surface area contributed by atoms with Gasteiger partial charge in [-0.25, -0.2) is 4.79 Å². The summed E-state index contributed by atoms with van der Waals surface area (Å²) < 4.78 is 0. The van der Waals surface area contributed by atoms with Gasteiger partial charge in [0.15, 0.2) is 0 Å². The van der Waals surface area contributed by atoms with E-state index in [0.717, 1.165) is 16.7 Å². The Morgan fingerprint density at radius 2 is 1.86 bits per heavy atom. The average Bonchev–Trinajstić information content (AvgIpc) is 2.40. The van der Waals surface area contributed by atoms with Crippen molar-refractivity contribution in [2.75, 3.05) is 5.32 Å². The van der Waals surface area contributed by atoms with Gasteiger partial charge in [-0.15, -0.1) is 0 Å². The second kappa shape index (κ2) is 6.22. The number of benzene rings is 2. The van der Waals surface area contributed by atoms with Crippen LogP contribution in [0.5, 0.6) is 0 Å². The van der Waals surface area contributed by atoms with Gasteiger partial charge in [0.1, 0.15) is 0 Å². The van der Waals surface area contributed by atoms with Crippen molar-refractivity contribution in [2.24, 2.45) is 0 Å². The van der Waals surface area contributed by atoms with Gasteiger partial charge in [-0.2, -0.15) is 0 Å². The molecule has 0 aliphatic carbocycles. The van der Waals surface area contributed by atoms with Gasteiger partial charge in [0.05, 0.1) is 12.0 Å². The minimum Gasteiger partial charge on any atom is -0.478 e. The number of rotatable bonds is 4. The molecule has 0 heterocycles. The van der Waals surface area contributed by atoms with E-state index in [2.05, 4.69) is 5.32 Å². The molecule has 0 saturated carbocycles. The van der Waals surface area contributed by atoms with E-state index in [9.17, 15) is 9.59 Å². The predicted molar refractivity (Wildman–Crippen MR) is 81.7 cm³/mol. The quantitative estimate of drug-likeness (QED) is 0.905. The molecular weight excluding hydrogens is 266 g/mol. The number of aryl methyl sites for hydroxylation is 2. The van der Waals surface area contributed by atoms with Crippen molar-refractivity contribution in [1.29, 1.82) is 0 Å². The van der Waals surface area contributed by atoms with Crippen LogP contribution in [0.3, 0.4) is 0 Å². The SMILES string of the molecule is Cc1cccc(CC(=O)Nc2ccc(C(=O)O)cc2C)c1. The van der Waals surface area contributed by atoms with Crippen LogP contribution in [-0.4, -0.2) is 17.0 Å². The number of hydrogen-bond acceptors (Lipinski definition) is 2. The molecule has 0 saturated heterocycles. The van der Waals surface area contributed by atoms with Crippen molar-refractivity contribution in [2.45, 2.75) is 20.3 Å². The van der Waals surface area contributed by atoms with Crippen molar-refractivity contribution in [3.8, 4) is 0 Å². The van der Waals surface area contributed by atoms with Crippen LogP contribution in [0.15, 0.2) is 42.5 Å². The Kier molecular flexibility index (Phi) is 4.38. The Labute approximate surface area is 123 Å². The van der Waals surface area contributed by atoms with Crippen molar-refractivity contribution >= 4 is 17.6 Å². The molecule has 2 rings (SSSR count). The van der Waals surface area contributed by atoms with Gasteiger partial charge in [0.2, 0.25) is 5.91 Å². The highest BCUT2D eigenvalue weighted by Gasteiger charge is 2.09. The smallest absolute Gasteiger partial charge is 0.335 e. The number of carbonyl (C=O) groups excluding carboxylic acids is 1. The topological polar surface area (TPSA) is 66.4 Å². The largest absolute Gasteiger partial charge is 0.478 e. The zero-order chi connectivity index (χ0) is 15.4. The lowest BCUT2D eigenvalue weighted by atomic mass is 10.1. The van der Waals surface area contributed by atoms with Crippen LogP contribution in [0.4, 0.5) is 5.69 Å². The molecule has 4 heteroatoms. The summed E-state index contributed by atoms with van der Waals surface area (Å²) in [6.07, 6.45) is 0.293. The van der Waals surface area contributed by atoms with E-state index in [1.165, 1.54) is 6.07 Å². The van der Waals surface area contributed by atoms with Crippen LogP contribution >= 0.6 is 0 Å². The summed E-state index contributed by atoms with van der Waals surface area (Å²) in [6, 6.07) is 12.4. The fourth-order valence-corrected chi connectivity index (χ4v) is 2.14. The molecule has 0 unspecified atom stereocenters. The fraction of sp³-hybridized carbons (Fsp3) is 0.176. The Bertz CT molecular complexity index is 692. The summed E-state index contributed by atoms with van der Waals surface area (Å²) in [5.41, 5.74) is 3.64. The van der Waals surface area contributed by atoms with Crippen molar-refractivity contribution in [3.05, 3.63) is 64.7 Å². The summed E-state index contributed by atoms with van der Waals surface area (Å²) in [7, 11) is 0. The lowest BCUT2D eigenvalue weighted by Crippen LogP contribution is -2.15. The molecule has 0 atom stereocenters. The van der Waals surface area contributed by atoms with Gasteiger partial charge >= 0.3 is 5.97 Å². The minimum absolute atomic E-state index is 0.119. The number of anilines is 1. The van der Waals surface area contributed by atoms with E-state index in [1.54, 1.807) is 19.1 Å². The summed E-state index contributed by atoms with van der Waals surface area (Å²) in [4.78, 5) is 22.9. The third-order valence-electron chi connectivity index (χ3n) is 3.19. The van der Waals surface area contributed by atoms with E-state index in [0.29, 0.717) is 12.1 Å². The second-order valence-corrected chi connectivity index (χ2v) is 5.05. The van der Waals surface area contributed by atoms with Gasteiger partial charge in [0.25, 0.3) is 0 Å². The van der Waals surface area contributed by atoms with E-state index in [4.69, 9.17) is 5.11 Å². The fourth-order valence-electron chi connectivity index (χ4n) is 2.14. The molecule has 0 aliphatic rings. The first-order chi connectivity index (χ1) is 9.95. The number of nitrogens with one attached hydrogen (secondary N) is 1. The Hall–Kier alpha value is -2.62. The predicted octanol–water partition coefficient (Wildman–Crippen LogP) is 3.18. The highest BCUT2D eigenvalue weighted by atomic mass is 16.4. The van der Waals surface area contributed by atoms with Crippen LogP contribution < -0.4 is 5.32 Å². The summed E-state index contributed by atoms with van der Waals surface area (Å²) in [6.45, 7) is 3.75. The van der Waals surface area contributed by atoms with E-state index in [-0.39, 0.29) is 11.5 Å². The first-order valence-electron chi connectivity index (χ1n) is 6.65. The van der Waals surface area contributed by atoms with Crippen LogP contribution in [-0.2, 0) is 11.2 Å². The molecule has 4 nitrogen and oxygen atoms in total. The maximum absolute atomic E-state index is 12.0. The summed E-state index contributed by atoms with van der Waals surface area (Å²) in [5.74, 6) is -1.09. The van der Waals surface area contributed by atoms with Gasteiger partial charge in [0, 0.05) is 5.69 Å². The number of carboxylic acids is 1. The van der Waals surface area contributed by atoms with Crippen molar-refractivity contribution in [3.63, 3.8) is 0 Å². The molecule has 21 heavy (non-hydrogen) atoms. The monoisotopic (exact) mass is 283 g/mol. The standard InChI is InChI=1S/C17H17NO3/c1-11-4-3-5-13(8-11)10-16(19)18-15-7-6-14(17(20)21)9-12(15)2/h3-9H,10H2,1-2H3,(H,18,19)(H,20,21). The van der Waals surface area contributed by atoms with E-state index < -0.39 is 5.97 Å². The van der Waals surface area contributed by atoms with Gasteiger partial charge in [-0.3, -0.25) is 4.79 Å². The first-order valence-corrected chi connectivity index (χ1v) is 6.65. The molecule has 0 fully saturated rings. The van der Waals surface area contributed by atoms with Gasteiger partial charge in [-0.05, 0) is 43.2 Å². The van der Waals surface area contributed by atoms with Gasteiger partial charge < -0.3 is 10.4 Å². The zero-order valence-corrected chi connectivity index (χ0v) is 12.0. The third-order valence-corrected chi connectivity index (χ3v) is 3.19. The van der Waals surface area contributed by atoms with Crippen LogP contribution in [0.2, 0.25) is 0 Å². The highest BCUT2D eigenvalue weighted by Crippen LogP contribution is 2.17. The van der Waals surface area contributed by atoms with E-state index in [1.807, 2.05) is 31.2 Å². The Balaban J connectivity index is 2.08. The molecule has 2 N–H and O–H groups in total. The maximum atomic E-state index is 12.0. The number of carboxylic acid groups (broad SMARTS) is 1. The number of carbonyl (C=O) groups is 2. The Morgan fingerprint density at radius 3 is 2.48 bits per heavy atom.